The number of hydrogen-bond acceptors (Lipinski definition) is 4. The second-order valence-electron chi connectivity index (χ2n) is 3.55. The van der Waals surface area contributed by atoms with E-state index in [0.29, 0.717) is 13.1 Å². The second kappa shape index (κ2) is 3.59. The number of rotatable bonds is 2. The van der Waals surface area contributed by atoms with Gasteiger partial charge in [0.15, 0.2) is 0 Å². The minimum Gasteiger partial charge on any atom is -0.388 e. The summed E-state index contributed by atoms with van der Waals surface area (Å²) >= 11 is 0. The fourth-order valence-corrected chi connectivity index (χ4v) is 1.76. The van der Waals surface area contributed by atoms with E-state index in [9.17, 15) is 10.2 Å². The molecule has 0 radical (unpaired) electrons. The summed E-state index contributed by atoms with van der Waals surface area (Å²) in [5, 5.41) is 18.8. The van der Waals surface area contributed by atoms with Crippen molar-refractivity contribution >= 4 is 5.95 Å². The minimum atomic E-state index is -0.656. The highest BCUT2D eigenvalue weighted by Crippen LogP contribution is 2.18. The van der Waals surface area contributed by atoms with E-state index in [-0.39, 0.29) is 0 Å². The van der Waals surface area contributed by atoms with Crippen LogP contribution in [0.5, 0.6) is 0 Å². The zero-order chi connectivity index (χ0) is 10.1. The van der Waals surface area contributed by atoms with Crippen molar-refractivity contribution in [3.05, 3.63) is 12.4 Å². The van der Waals surface area contributed by atoms with Crippen LogP contribution in [0.25, 0.3) is 0 Å². The van der Waals surface area contributed by atoms with E-state index in [4.69, 9.17) is 0 Å². The predicted molar refractivity (Wildman–Crippen MR) is 52.1 cm³/mol. The average Bonchev–Trinajstić information content (AvgIpc) is 2.73. The third kappa shape index (κ3) is 1.49. The van der Waals surface area contributed by atoms with Gasteiger partial charge < -0.3 is 19.7 Å². The van der Waals surface area contributed by atoms with Gasteiger partial charge >= 0.3 is 0 Å². The highest BCUT2D eigenvalue weighted by Gasteiger charge is 2.31. The van der Waals surface area contributed by atoms with Gasteiger partial charge in [0.2, 0.25) is 5.95 Å². The van der Waals surface area contributed by atoms with Crippen molar-refractivity contribution in [2.75, 3.05) is 18.0 Å². The summed E-state index contributed by atoms with van der Waals surface area (Å²) in [7, 11) is 0. The van der Waals surface area contributed by atoms with Crippen LogP contribution in [0.4, 0.5) is 5.95 Å². The molecule has 0 aromatic carbocycles. The molecular weight excluding hydrogens is 182 g/mol. The molecule has 0 aliphatic carbocycles. The summed E-state index contributed by atoms with van der Waals surface area (Å²) in [5.74, 6) is 0.822. The SMILES string of the molecule is CCn1ccnc1N1CC(O)C(O)C1. The van der Waals surface area contributed by atoms with Gasteiger partial charge in [-0.05, 0) is 6.92 Å². The second-order valence-corrected chi connectivity index (χ2v) is 3.55. The van der Waals surface area contributed by atoms with Crippen LogP contribution in [-0.4, -0.2) is 45.1 Å². The van der Waals surface area contributed by atoms with Gasteiger partial charge in [-0.2, -0.15) is 0 Å². The lowest BCUT2D eigenvalue weighted by Gasteiger charge is -2.17. The van der Waals surface area contributed by atoms with Crippen LogP contribution in [0.15, 0.2) is 12.4 Å². The van der Waals surface area contributed by atoms with Crippen molar-refractivity contribution in [2.24, 2.45) is 0 Å². The van der Waals surface area contributed by atoms with Crippen molar-refractivity contribution in [1.82, 2.24) is 9.55 Å². The molecule has 0 amide bonds. The first-order valence-corrected chi connectivity index (χ1v) is 4.84. The molecule has 1 aromatic heterocycles. The van der Waals surface area contributed by atoms with Crippen LogP contribution < -0.4 is 4.90 Å². The van der Waals surface area contributed by atoms with Crippen LogP contribution in [-0.2, 0) is 6.54 Å². The Bertz CT molecular complexity index is 303. The van der Waals surface area contributed by atoms with Gasteiger partial charge in [0.1, 0.15) is 0 Å². The molecule has 1 aliphatic heterocycles. The van der Waals surface area contributed by atoms with Gasteiger partial charge in [-0.3, -0.25) is 0 Å². The maximum Gasteiger partial charge on any atom is 0.205 e. The van der Waals surface area contributed by atoms with E-state index in [2.05, 4.69) is 4.98 Å². The summed E-state index contributed by atoms with van der Waals surface area (Å²) in [6, 6.07) is 0. The Morgan fingerprint density at radius 3 is 2.64 bits per heavy atom. The number of aryl methyl sites for hydroxylation is 1. The van der Waals surface area contributed by atoms with Crippen LogP contribution in [0.2, 0.25) is 0 Å². The van der Waals surface area contributed by atoms with Crippen LogP contribution in [0, 0.1) is 0 Å². The number of β-amino-alcohol motifs (C(OH)–C–C–N with tert-alkyl or cyclic N) is 2. The topological polar surface area (TPSA) is 61.5 Å². The highest BCUT2D eigenvalue weighted by molar-refractivity contribution is 5.34. The maximum absolute atomic E-state index is 9.40. The van der Waals surface area contributed by atoms with Crippen molar-refractivity contribution in [3.8, 4) is 0 Å². The van der Waals surface area contributed by atoms with Gasteiger partial charge in [0.25, 0.3) is 0 Å². The Morgan fingerprint density at radius 2 is 2.07 bits per heavy atom. The molecule has 14 heavy (non-hydrogen) atoms. The molecule has 2 rings (SSSR count). The molecule has 5 nitrogen and oxygen atoms in total. The molecule has 2 N–H and O–H groups in total. The first kappa shape index (κ1) is 9.48. The number of hydrogen-bond donors (Lipinski definition) is 2. The van der Waals surface area contributed by atoms with Crippen LogP contribution >= 0.6 is 0 Å². The number of aliphatic hydroxyl groups excluding tert-OH is 2. The van der Waals surface area contributed by atoms with Gasteiger partial charge in [-0.25, -0.2) is 4.98 Å². The Hall–Kier alpha value is -1.07. The average molecular weight is 197 g/mol. The fraction of sp³-hybridized carbons (Fsp3) is 0.667. The molecule has 2 unspecified atom stereocenters. The lowest BCUT2D eigenvalue weighted by atomic mass is 10.3. The Morgan fingerprint density at radius 1 is 1.43 bits per heavy atom. The summed E-state index contributed by atoms with van der Waals surface area (Å²) in [4.78, 5) is 6.11. The highest BCUT2D eigenvalue weighted by atomic mass is 16.3. The molecule has 2 heterocycles. The summed E-state index contributed by atoms with van der Waals surface area (Å²) in [6.45, 7) is 3.79. The zero-order valence-electron chi connectivity index (χ0n) is 8.17. The van der Waals surface area contributed by atoms with Crippen molar-refractivity contribution in [2.45, 2.75) is 25.7 Å². The number of imidazole rings is 1. The molecule has 0 saturated carbocycles. The van der Waals surface area contributed by atoms with Crippen molar-refractivity contribution < 1.29 is 10.2 Å². The Labute approximate surface area is 82.6 Å². The van der Waals surface area contributed by atoms with E-state index < -0.39 is 12.2 Å². The molecule has 0 bridgehead atoms. The van der Waals surface area contributed by atoms with Crippen molar-refractivity contribution in [1.29, 1.82) is 0 Å². The normalized spacial score (nSPS) is 27.2. The first-order valence-electron chi connectivity index (χ1n) is 4.84. The lowest BCUT2D eigenvalue weighted by Crippen LogP contribution is -2.24. The van der Waals surface area contributed by atoms with E-state index in [1.807, 2.05) is 22.6 Å². The van der Waals surface area contributed by atoms with Crippen LogP contribution in [0.1, 0.15) is 6.92 Å². The predicted octanol–water partition coefficient (Wildman–Crippen LogP) is -0.555. The molecule has 78 valence electrons. The maximum atomic E-state index is 9.40. The van der Waals surface area contributed by atoms with Gasteiger partial charge in [0.05, 0.1) is 12.2 Å². The molecule has 0 spiro atoms. The summed E-state index contributed by atoms with van der Waals surface area (Å²) < 4.78 is 1.99. The van der Waals surface area contributed by atoms with Gasteiger partial charge in [-0.1, -0.05) is 0 Å². The molecule has 1 aliphatic rings. The van der Waals surface area contributed by atoms with Gasteiger partial charge in [0, 0.05) is 32.0 Å². The molecule has 1 saturated heterocycles. The lowest BCUT2D eigenvalue weighted by molar-refractivity contribution is 0.0572. The van der Waals surface area contributed by atoms with E-state index in [1.165, 1.54) is 0 Å². The van der Waals surface area contributed by atoms with Crippen molar-refractivity contribution in [3.63, 3.8) is 0 Å². The molecular formula is C9H15N3O2. The van der Waals surface area contributed by atoms with Crippen LogP contribution in [0.3, 0.4) is 0 Å². The minimum absolute atomic E-state index is 0.457. The standard InChI is InChI=1S/C9H15N3O2/c1-2-11-4-3-10-9(11)12-5-7(13)8(14)6-12/h3-4,7-8,13-14H,2,5-6H2,1H3. The summed E-state index contributed by atoms with van der Waals surface area (Å²) in [6.07, 6.45) is 2.32. The molecule has 1 aromatic rings. The summed E-state index contributed by atoms with van der Waals surface area (Å²) in [5.41, 5.74) is 0. The Balaban J connectivity index is 2.16. The third-order valence-electron chi connectivity index (χ3n) is 2.58. The molecule has 2 atom stereocenters. The fourth-order valence-electron chi connectivity index (χ4n) is 1.76. The monoisotopic (exact) mass is 197 g/mol. The largest absolute Gasteiger partial charge is 0.388 e. The zero-order valence-corrected chi connectivity index (χ0v) is 8.17. The number of nitrogens with zero attached hydrogens (tertiary/aromatic N) is 3. The third-order valence-corrected chi connectivity index (χ3v) is 2.58. The first-order chi connectivity index (χ1) is 6.72. The number of aromatic nitrogens is 2. The smallest absolute Gasteiger partial charge is 0.205 e. The molecule has 5 heteroatoms. The van der Waals surface area contributed by atoms with Gasteiger partial charge in [-0.15, -0.1) is 0 Å². The van der Waals surface area contributed by atoms with E-state index in [0.717, 1.165) is 12.5 Å². The van der Waals surface area contributed by atoms with E-state index in [1.54, 1.807) is 6.20 Å². The molecule has 1 fully saturated rings. The Kier molecular flexibility index (Phi) is 2.43. The number of aliphatic hydroxyl groups is 2. The quantitative estimate of drug-likeness (QED) is 0.667. The number of anilines is 1. The van der Waals surface area contributed by atoms with E-state index >= 15 is 0 Å².